The monoisotopic (exact) mass is 311 g/mol. The lowest BCUT2D eigenvalue weighted by atomic mass is 10.3. The van der Waals surface area contributed by atoms with Crippen LogP contribution in [0.1, 0.15) is 5.82 Å². The Morgan fingerprint density at radius 2 is 2.05 bits per heavy atom. The van der Waals surface area contributed by atoms with Gasteiger partial charge in [0.1, 0.15) is 22.2 Å². The van der Waals surface area contributed by atoms with E-state index in [-0.39, 0.29) is 17.2 Å². The van der Waals surface area contributed by atoms with Crippen molar-refractivity contribution in [2.75, 3.05) is 21.3 Å². The van der Waals surface area contributed by atoms with E-state index in [1.54, 1.807) is 18.5 Å². The average molecular weight is 311 g/mol. The third-order valence-corrected chi connectivity index (χ3v) is 4.83. The fraction of sp³-hybridized carbons (Fsp3) is 0.308. The molecule has 8 heteroatoms. The van der Waals surface area contributed by atoms with Gasteiger partial charge in [0.25, 0.3) is 0 Å². The van der Waals surface area contributed by atoms with Gasteiger partial charge in [0.05, 0.1) is 20.8 Å². The van der Waals surface area contributed by atoms with E-state index in [1.165, 1.54) is 37.7 Å². The molecule has 0 amide bonds. The molecule has 114 valence electrons. The number of imidazole rings is 1. The van der Waals surface area contributed by atoms with Crippen LogP contribution in [0.3, 0.4) is 0 Å². The van der Waals surface area contributed by atoms with Crippen LogP contribution < -0.4 is 9.47 Å². The number of hydrogen-bond donors (Lipinski definition) is 1. The van der Waals surface area contributed by atoms with Crippen LogP contribution in [-0.4, -0.2) is 44.0 Å². The molecule has 0 radical (unpaired) electrons. The van der Waals surface area contributed by atoms with Gasteiger partial charge in [-0.25, -0.2) is 13.4 Å². The number of nitrogens with zero attached hydrogens (tertiary/aromatic N) is 2. The van der Waals surface area contributed by atoms with E-state index in [9.17, 15) is 8.42 Å². The molecule has 0 bridgehead atoms. The third-order valence-electron chi connectivity index (χ3n) is 2.99. The fourth-order valence-electron chi connectivity index (χ4n) is 1.84. The van der Waals surface area contributed by atoms with E-state index in [0.717, 1.165) is 0 Å². The maximum Gasteiger partial charge on any atom is 0.246 e. The summed E-state index contributed by atoms with van der Waals surface area (Å²) in [6, 6.07) is 4.58. The van der Waals surface area contributed by atoms with Crippen LogP contribution in [-0.2, 0) is 16.6 Å². The van der Waals surface area contributed by atoms with Crippen molar-refractivity contribution in [3.63, 3.8) is 0 Å². The lowest BCUT2D eigenvalue weighted by Crippen LogP contribution is -2.27. The molecule has 1 aromatic heterocycles. The molecule has 0 atom stereocenters. The predicted octanol–water partition coefficient (Wildman–Crippen LogP) is 1.25. The molecule has 0 spiro atoms. The highest BCUT2D eigenvalue weighted by Crippen LogP contribution is 2.30. The molecule has 7 nitrogen and oxygen atoms in total. The molecule has 0 aliphatic heterocycles. The van der Waals surface area contributed by atoms with E-state index >= 15 is 0 Å². The first kappa shape index (κ1) is 15.3. The summed E-state index contributed by atoms with van der Waals surface area (Å²) in [6.45, 7) is 0.143. The Balaban J connectivity index is 2.34. The van der Waals surface area contributed by atoms with Gasteiger partial charge < -0.3 is 14.5 Å². The van der Waals surface area contributed by atoms with Crippen molar-refractivity contribution in [3.8, 4) is 11.5 Å². The summed E-state index contributed by atoms with van der Waals surface area (Å²) in [5.74, 6) is 1.33. The summed E-state index contributed by atoms with van der Waals surface area (Å²) in [5, 5.41) is 0. The highest BCUT2D eigenvalue weighted by molar-refractivity contribution is 7.89. The lowest BCUT2D eigenvalue weighted by molar-refractivity contribution is 0.383. The minimum atomic E-state index is -3.69. The number of aromatic nitrogens is 2. The Morgan fingerprint density at radius 3 is 2.62 bits per heavy atom. The van der Waals surface area contributed by atoms with E-state index in [2.05, 4.69) is 9.97 Å². The number of sulfonamides is 1. The van der Waals surface area contributed by atoms with Crippen LogP contribution in [0, 0.1) is 0 Å². The van der Waals surface area contributed by atoms with Crippen molar-refractivity contribution in [2.24, 2.45) is 0 Å². The number of ether oxygens (including phenoxy) is 2. The Labute approximate surface area is 123 Å². The maximum atomic E-state index is 12.6. The number of aromatic amines is 1. The molecular weight excluding hydrogens is 294 g/mol. The molecule has 21 heavy (non-hydrogen) atoms. The zero-order valence-corrected chi connectivity index (χ0v) is 12.8. The van der Waals surface area contributed by atoms with Crippen LogP contribution in [0.2, 0.25) is 0 Å². The summed E-state index contributed by atoms with van der Waals surface area (Å²) < 4.78 is 36.6. The molecule has 0 aliphatic carbocycles. The van der Waals surface area contributed by atoms with E-state index < -0.39 is 10.0 Å². The number of nitrogens with one attached hydrogen (secondary N) is 1. The molecule has 0 saturated heterocycles. The van der Waals surface area contributed by atoms with Gasteiger partial charge >= 0.3 is 0 Å². The predicted molar refractivity (Wildman–Crippen MR) is 76.8 cm³/mol. The maximum absolute atomic E-state index is 12.6. The summed E-state index contributed by atoms with van der Waals surface area (Å²) in [7, 11) is 0.721. The van der Waals surface area contributed by atoms with Gasteiger partial charge in [-0.2, -0.15) is 4.31 Å². The van der Waals surface area contributed by atoms with Gasteiger partial charge in [-0.1, -0.05) is 0 Å². The molecular formula is C13H17N3O4S. The Morgan fingerprint density at radius 1 is 1.29 bits per heavy atom. The van der Waals surface area contributed by atoms with E-state index in [0.29, 0.717) is 11.6 Å². The number of benzene rings is 1. The first-order valence-electron chi connectivity index (χ1n) is 6.15. The van der Waals surface area contributed by atoms with Crippen molar-refractivity contribution in [3.05, 3.63) is 36.4 Å². The van der Waals surface area contributed by atoms with Gasteiger partial charge in [-0.05, 0) is 12.1 Å². The van der Waals surface area contributed by atoms with E-state index in [1.807, 2.05) is 0 Å². The molecule has 1 heterocycles. The Hall–Kier alpha value is -2.06. The molecule has 2 aromatic rings. The Bertz CT molecular complexity index is 698. The van der Waals surface area contributed by atoms with Crippen molar-refractivity contribution in [2.45, 2.75) is 11.4 Å². The normalized spacial score (nSPS) is 11.6. The zero-order valence-electron chi connectivity index (χ0n) is 12.0. The van der Waals surface area contributed by atoms with Crippen LogP contribution in [0.5, 0.6) is 11.5 Å². The minimum absolute atomic E-state index is 0.0832. The van der Waals surface area contributed by atoms with Crippen LogP contribution >= 0.6 is 0 Å². The van der Waals surface area contributed by atoms with Crippen molar-refractivity contribution >= 4 is 10.0 Å². The number of H-pyrrole nitrogens is 1. The zero-order chi connectivity index (χ0) is 15.5. The van der Waals surface area contributed by atoms with Crippen molar-refractivity contribution in [1.29, 1.82) is 0 Å². The smallest absolute Gasteiger partial charge is 0.246 e. The Kier molecular flexibility index (Phi) is 4.49. The largest absolute Gasteiger partial charge is 0.497 e. The third kappa shape index (κ3) is 3.17. The van der Waals surface area contributed by atoms with Gasteiger partial charge in [-0.3, -0.25) is 0 Å². The topological polar surface area (TPSA) is 84.5 Å². The molecule has 0 unspecified atom stereocenters. The van der Waals surface area contributed by atoms with Gasteiger partial charge in [0.15, 0.2) is 0 Å². The molecule has 2 rings (SSSR count). The SMILES string of the molecule is COc1ccc(S(=O)(=O)N(C)Cc2ncc[nH]2)c(OC)c1. The number of methoxy groups -OCH3 is 2. The molecule has 1 aromatic carbocycles. The summed E-state index contributed by atoms with van der Waals surface area (Å²) >= 11 is 0. The second-order valence-corrected chi connectivity index (χ2v) is 6.33. The number of rotatable bonds is 6. The van der Waals surface area contributed by atoms with Gasteiger partial charge in [0.2, 0.25) is 10.0 Å². The van der Waals surface area contributed by atoms with Gasteiger partial charge in [-0.15, -0.1) is 0 Å². The average Bonchev–Trinajstić information content (AvgIpc) is 2.99. The van der Waals surface area contributed by atoms with Crippen molar-refractivity contribution in [1.82, 2.24) is 14.3 Å². The van der Waals surface area contributed by atoms with Crippen molar-refractivity contribution < 1.29 is 17.9 Å². The van der Waals surface area contributed by atoms with Gasteiger partial charge in [0, 0.05) is 25.5 Å². The highest BCUT2D eigenvalue weighted by atomic mass is 32.2. The lowest BCUT2D eigenvalue weighted by Gasteiger charge is -2.18. The fourth-order valence-corrected chi connectivity index (χ4v) is 3.10. The van der Waals surface area contributed by atoms with E-state index in [4.69, 9.17) is 9.47 Å². The summed E-state index contributed by atoms with van der Waals surface area (Å²) in [4.78, 5) is 6.97. The number of hydrogen-bond acceptors (Lipinski definition) is 5. The second-order valence-electron chi connectivity index (χ2n) is 4.31. The standard InChI is InChI=1S/C13H17N3O4S/c1-16(9-13-14-6-7-15-13)21(17,18)12-5-4-10(19-2)8-11(12)20-3/h4-8H,9H2,1-3H3,(H,14,15). The summed E-state index contributed by atoms with van der Waals surface area (Å²) in [5.41, 5.74) is 0. The second kappa shape index (κ2) is 6.15. The molecule has 0 saturated carbocycles. The van der Waals surface area contributed by atoms with Crippen LogP contribution in [0.25, 0.3) is 0 Å². The van der Waals surface area contributed by atoms with Crippen LogP contribution in [0.15, 0.2) is 35.5 Å². The minimum Gasteiger partial charge on any atom is -0.497 e. The van der Waals surface area contributed by atoms with Crippen LogP contribution in [0.4, 0.5) is 0 Å². The first-order valence-corrected chi connectivity index (χ1v) is 7.59. The molecule has 0 aliphatic rings. The first-order chi connectivity index (χ1) is 9.98. The molecule has 0 fully saturated rings. The quantitative estimate of drug-likeness (QED) is 0.868. The molecule has 1 N–H and O–H groups in total. The summed E-state index contributed by atoms with van der Waals surface area (Å²) in [6.07, 6.45) is 3.22. The highest BCUT2D eigenvalue weighted by Gasteiger charge is 2.25.